The van der Waals surface area contributed by atoms with E-state index < -0.39 is 25.7 Å². The van der Waals surface area contributed by atoms with Gasteiger partial charge in [0.1, 0.15) is 0 Å². The molecule has 23 heavy (non-hydrogen) atoms. The van der Waals surface area contributed by atoms with Crippen molar-refractivity contribution in [2.24, 2.45) is 0 Å². The molecule has 0 aromatic carbocycles. The van der Waals surface area contributed by atoms with Gasteiger partial charge in [-0.2, -0.15) is 30.0 Å². The van der Waals surface area contributed by atoms with E-state index in [-0.39, 0.29) is 24.6 Å². The van der Waals surface area contributed by atoms with Gasteiger partial charge in [0.2, 0.25) is 0 Å². The predicted octanol–water partition coefficient (Wildman–Crippen LogP) is 1.13. The van der Waals surface area contributed by atoms with Gasteiger partial charge in [-0.15, -0.1) is 0 Å². The molecule has 1 fully saturated rings. The van der Waals surface area contributed by atoms with Crippen LogP contribution in [-0.2, 0) is 20.2 Å². The third-order valence-electron chi connectivity index (χ3n) is 2.38. The van der Waals surface area contributed by atoms with Crippen LogP contribution in [0.25, 0.3) is 0 Å². The molecule has 0 bridgehead atoms. The number of likely N-dealkylation sites (tertiary alicyclic amines) is 1. The molecule has 1 heterocycles. The van der Waals surface area contributed by atoms with Gasteiger partial charge in [-0.25, -0.2) is 0 Å². The van der Waals surface area contributed by atoms with Crippen molar-refractivity contribution < 1.29 is 39.1 Å². The molecule has 0 spiro atoms. The normalized spacial score (nSPS) is 15.6. The summed E-state index contributed by atoms with van der Waals surface area (Å²) >= 11 is 0. The summed E-state index contributed by atoms with van der Waals surface area (Å²) in [5, 5.41) is 0. The summed E-state index contributed by atoms with van der Waals surface area (Å²) < 4.78 is 85.6. The molecule has 0 unspecified atom stereocenters. The Morgan fingerprint density at radius 1 is 1.04 bits per heavy atom. The van der Waals surface area contributed by atoms with Crippen molar-refractivity contribution in [2.75, 3.05) is 25.9 Å². The first kappa shape index (κ1) is 28.0. The Bertz CT molecular complexity index is 489. The van der Waals surface area contributed by atoms with Crippen LogP contribution >= 0.6 is 0 Å². The second-order valence-corrected chi connectivity index (χ2v) is 7.56. The van der Waals surface area contributed by atoms with Crippen molar-refractivity contribution in [1.29, 1.82) is 0 Å². The molecule has 0 aliphatic carbocycles. The standard InChI is InChI=1S/C5H11N.C4H10O3S.CHF3O3S.Li.H/c1-6-4-2-3-5-6;1-2-3-4-8(5,6)7;2-1(3,4)8(5,6)7;;/h2-5H2,1H3;2-4H2,1H3,(H,5,6,7);(H,5,6,7);;. The molecule has 0 aromatic heterocycles. The van der Waals surface area contributed by atoms with E-state index in [4.69, 9.17) is 17.5 Å². The van der Waals surface area contributed by atoms with Crippen molar-refractivity contribution >= 4 is 39.1 Å². The van der Waals surface area contributed by atoms with Crippen LogP contribution in [0.1, 0.15) is 32.6 Å². The van der Waals surface area contributed by atoms with Crippen molar-refractivity contribution in [3.05, 3.63) is 0 Å². The number of alkyl halides is 3. The minimum absolute atomic E-state index is 0. The number of hydrogen-bond donors (Lipinski definition) is 2. The first-order valence-corrected chi connectivity index (χ1v) is 9.43. The topological polar surface area (TPSA) is 112 Å². The molecule has 0 amide bonds. The third-order valence-corrected chi connectivity index (χ3v) is 3.77. The fourth-order valence-electron chi connectivity index (χ4n) is 1.20. The Hall–Kier alpha value is 0.167. The summed E-state index contributed by atoms with van der Waals surface area (Å²) in [6.07, 6.45) is 4.16. The van der Waals surface area contributed by atoms with Gasteiger partial charge in [0.25, 0.3) is 10.1 Å². The molecular formula is C10H23F3LiNO6S2. The van der Waals surface area contributed by atoms with Crippen LogP contribution < -0.4 is 0 Å². The summed E-state index contributed by atoms with van der Waals surface area (Å²) in [6.45, 7) is 4.51. The molecular weight excluding hydrogens is 358 g/mol. The zero-order valence-corrected chi connectivity index (χ0v) is 14.0. The molecule has 1 saturated heterocycles. The number of unbranched alkanes of at least 4 members (excludes halogenated alkanes) is 1. The predicted molar refractivity (Wildman–Crippen MR) is 82.8 cm³/mol. The Morgan fingerprint density at radius 3 is 1.48 bits per heavy atom. The minimum atomic E-state index is -5.84. The summed E-state index contributed by atoms with van der Waals surface area (Å²) in [5.41, 5.74) is -5.53. The first-order valence-electron chi connectivity index (χ1n) is 6.38. The van der Waals surface area contributed by atoms with E-state index in [1.54, 1.807) is 0 Å². The second-order valence-electron chi connectivity index (χ2n) is 4.57. The van der Waals surface area contributed by atoms with Gasteiger partial charge in [0.05, 0.1) is 5.75 Å². The number of rotatable bonds is 3. The van der Waals surface area contributed by atoms with Crippen LogP contribution in [0.5, 0.6) is 0 Å². The molecule has 0 saturated carbocycles. The van der Waals surface area contributed by atoms with E-state index in [0.717, 1.165) is 6.42 Å². The maximum absolute atomic E-state index is 10.7. The Kier molecular flexibility index (Phi) is 15.2. The average Bonchev–Trinajstić information content (AvgIpc) is 2.75. The summed E-state index contributed by atoms with van der Waals surface area (Å²) in [5.74, 6) is -0.108. The molecule has 1 aliphatic rings. The van der Waals surface area contributed by atoms with E-state index in [0.29, 0.717) is 6.42 Å². The maximum atomic E-state index is 10.7. The molecule has 1 aliphatic heterocycles. The van der Waals surface area contributed by atoms with Gasteiger partial charge >= 0.3 is 34.5 Å². The summed E-state index contributed by atoms with van der Waals surface area (Å²) in [6, 6.07) is 0. The summed E-state index contributed by atoms with van der Waals surface area (Å²) in [4.78, 5) is 2.36. The van der Waals surface area contributed by atoms with Gasteiger partial charge in [-0.05, 0) is 39.4 Å². The van der Waals surface area contributed by atoms with E-state index in [2.05, 4.69) is 11.9 Å². The van der Waals surface area contributed by atoms with Crippen LogP contribution in [0.15, 0.2) is 0 Å². The van der Waals surface area contributed by atoms with E-state index in [1.807, 2.05) is 6.92 Å². The zero-order valence-electron chi connectivity index (χ0n) is 12.4. The molecule has 0 atom stereocenters. The van der Waals surface area contributed by atoms with Gasteiger partial charge in [-0.3, -0.25) is 9.11 Å². The van der Waals surface area contributed by atoms with Crippen LogP contribution in [0.2, 0.25) is 0 Å². The van der Waals surface area contributed by atoms with Crippen molar-refractivity contribution in [3.8, 4) is 0 Å². The Balaban J connectivity index is -0.000000257. The van der Waals surface area contributed by atoms with E-state index >= 15 is 0 Å². The van der Waals surface area contributed by atoms with Gasteiger partial charge in [0.15, 0.2) is 0 Å². The summed E-state index contributed by atoms with van der Waals surface area (Å²) in [7, 11) is -7.35. The average molecular weight is 381 g/mol. The molecule has 138 valence electrons. The second kappa shape index (κ2) is 12.5. The van der Waals surface area contributed by atoms with Gasteiger partial charge in [-0.1, -0.05) is 13.3 Å². The van der Waals surface area contributed by atoms with Crippen LogP contribution in [0.4, 0.5) is 13.2 Å². The Labute approximate surface area is 147 Å². The fourth-order valence-corrected chi connectivity index (χ4v) is 1.86. The molecule has 0 aromatic rings. The van der Waals surface area contributed by atoms with Crippen molar-refractivity contribution in [1.82, 2.24) is 4.90 Å². The fraction of sp³-hybridized carbons (Fsp3) is 1.00. The Morgan fingerprint density at radius 2 is 1.39 bits per heavy atom. The first-order chi connectivity index (χ1) is 9.70. The quantitative estimate of drug-likeness (QED) is 0.428. The van der Waals surface area contributed by atoms with E-state index in [9.17, 15) is 21.6 Å². The number of halogens is 3. The van der Waals surface area contributed by atoms with Crippen LogP contribution in [0.3, 0.4) is 0 Å². The van der Waals surface area contributed by atoms with Crippen molar-refractivity contribution in [2.45, 2.75) is 38.1 Å². The van der Waals surface area contributed by atoms with Crippen LogP contribution in [-0.4, -0.2) is 81.1 Å². The van der Waals surface area contributed by atoms with E-state index in [1.165, 1.54) is 25.9 Å². The molecule has 13 heteroatoms. The van der Waals surface area contributed by atoms with Crippen LogP contribution in [0, 0.1) is 0 Å². The van der Waals surface area contributed by atoms with Gasteiger partial charge < -0.3 is 4.90 Å². The molecule has 0 radical (unpaired) electrons. The zero-order chi connectivity index (χ0) is 18.0. The number of hydrogen-bond acceptors (Lipinski definition) is 5. The monoisotopic (exact) mass is 381 g/mol. The molecule has 2 N–H and O–H groups in total. The number of nitrogens with zero attached hydrogens (tertiary/aromatic N) is 1. The van der Waals surface area contributed by atoms with Crippen molar-refractivity contribution in [3.63, 3.8) is 0 Å². The SMILES string of the molecule is CCCCS(=O)(=O)O.CN1CCCC1.O=S(=O)(O)C(F)(F)F.[LiH]. The third kappa shape index (κ3) is 20.1. The molecule has 1 rings (SSSR count). The van der Waals surface area contributed by atoms with Gasteiger partial charge in [0, 0.05) is 0 Å². The molecule has 7 nitrogen and oxygen atoms in total.